The van der Waals surface area contributed by atoms with E-state index in [0.717, 1.165) is 26.1 Å². The molecule has 1 heterocycles. The summed E-state index contributed by atoms with van der Waals surface area (Å²) in [7, 11) is 2.23. The van der Waals surface area contributed by atoms with Crippen LogP contribution in [-0.4, -0.2) is 55.6 Å². The number of rotatable bonds is 7. The lowest BCUT2D eigenvalue weighted by Gasteiger charge is -2.37. The Morgan fingerprint density at radius 2 is 1.81 bits per heavy atom. The van der Waals surface area contributed by atoms with Crippen LogP contribution >= 0.6 is 0 Å². The van der Waals surface area contributed by atoms with Crippen LogP contribution in [0.15, 0.2) is 24.3 Å². The van der Waals surface area contributed by atoms with E-state index in [1.807, 2.05) is 0 Å². The van der Waals surface area contributed by atoms with Gasteiger partial charge in [-0.05, 0) is 51.0 Å². The maximum absolute atomic E-state index is 3.46. The average molecular weight is 289 g/mol. The molecule has 1 unspecified atom stereocenters. The molecule has 1 aromatic carbocycles. The first-order valence-corrected chi connectivity index (χ1v) is 8.40. The van der Waals surface area contributed by atoms with Crippen molar-refractivity contribution in [2.24, 2.45) is 0 Å². The Labute approximate surface area is 130 Å². The van der Waals surface area contributed by atoms with Crippen molar-refractivity contribution in [2.45, 2.75) is 39.3 Å². The lowest BCUT2D eigenvalue weighted by atomic mass is 10.1. The molecule has 0 radical (unpaired) electrons. The van der Waals surface area contributed by atoms with Crippen molar-refractivity contribution < 1.29 is 0 Å². The van der Waals surface area contributed by atoms with Gasteiger partial charge in [0.05, 0.1) is 0 Å². The van der Waals surface area contributed by atoms with Gasteiger partial charge in [0.2, 0.25) is 0 Å². The number of nitrogens with one attached hydrogen (secondary N) is 1. The first-order chi connectivity index (χ1) is 10.2. The maximum Gasteiger partial charge on any atom is 0.0234 e. The molecule has 1 N–H and O–H groups in total. The van der Waals surface area contributed by atoms with Gasteiger partial charge in [0.15, 0.2) is 0 Å². The first-order valence-electron chi connectivity index (χ1n) is 8.40. The second kappa shape index (κ2) is 8.52. The quantitative estimate of drug-likeness (QED) is 0.778. The normalized spacial score (nSPS) is 20.8. The third-order valence-electron chi connectivity index (χ3n) is 4.49. The van der Waals surface area contributed by atoms with Gasteiger partial charge in [-0.25, -0.2) is 0 Å². The topological polar surface area (TPSA) is 18.5 Å². The third-order valence-corrected chi connectivity index (χ3v) is 4.49. The van der Waals surface area contributed by atoms with Crippen molar-refractivity contribution >= 4 is 0 Å². The van der Waals surface area contributed by atoms with Gasteiger partial charge in [-0.15, -0.1) is 0 Å². The summed E-state index contributed by atoms with van der Waals surface area (Å²) in [6, 6.07) is 9.86. The highest BCUT2D eigenvalue weighted by Gasteiger charge is 2.20. The summed E-state index contributed by atoms with van der Waals surface area (Å²) < 4.78 is 0. The minimum atomic E-state index is 0.669. The zero-order chi connectivity index (χ0) is 15.1. The summed E-state index contributed by atoms with van der Waals surface area (Å²) >= 11 is 0. The van der Waals surface area contributed by atoms with Crippen molar-refractivity contribution in [3.05, 3.63) is 35.4 Å². The molecule has 3 nitrogen and oxygen atoms in total. The molecule has 0 amide bonds. The fraction of sp³-hybridized carbons (Fsp3) is 0.667. The molecular weight excluding hydrogens is 258 g/mol. The second-order valence-corrected chi connectivity index (χ2v) is 6.38. The molecule has 0 saturated carbocycles. The Balaban J connectivity index is 1.77. The molecule has 0 aliphatic carbocycles. The largest absolute Gasteiger partial charge is 0.316 e. The number of hydrogen-bond acceptors (Lipinski definition) is 3. The molecule has 1 aliphatic rings. The van der Waals surface area contributed by atoms with Crippen LogP contribution in [0.5, 0.6) is 0 Å². The minimum absolute atomic E-state index is 0.669. The van der Waals surface area contributed by atoms with Gasteiger partial charge in [-0.1, -0.05) is 31.2 Å². The lowest BCUT2D eigenvalue weighted by molar-refractivity contribution is 0.1000. The van der Waals surface area contributed by atoms with Crippen LogP contribution in [0, 0.1) is 0 Å². The van der Waals surface area contributed by atoms with E-state index in [9.17, 15) is 0 Å². The van der Waals surface area contributed by atoms with Gasteiger partial charge >= 0.3 is 0 Å². The predicted octanol–water partition coefficient (Wildman–Crippen LogP) is 2.36. The summed E-state index contributed by atoms with van der Waals surface area (Å²) in [5, 5.41) is 3.46. The molecular formula is C18H31N3. The molecule has 21 heavy (non-hydrogen) atoms. The molecule has 0 aromatic heterocycles. The SMILES string of the molecule is CCCNCCc1ccc(CN2CCN(C)C(C)C2)cc1. The van der Waals surface area contributed by atoms with Gasteiger partial charge < -0.3 is 10.2 Å². The highest BCUT2D eigenvalue weighted by atomic mass is 15.3. The number of likely N-dealkylation sites (N-methyl/N-ethyl adjacent to an activating group) is 1. The third kappa shape index (κ3) is 5.42. The molecule has 3 heteroatoms. The van der Waals surface area contributed by atoms with Gasteiger partial charge in [0.1, 0.15) is 0 Å². The molecule has 1 aliphatic heterocycles. The van der Waals surface area contributed by atoms with Crippen LogP contribution in [0.1, 0.15) is 31.4 Å². The first kappa shape index (κ1) is 16.5. The van der Waals surface area contributed by atoms with Crippen LogP contribution < -0.4 is 5.32 Å². The molecule has 0 bridgehead atoms. The highest BCUT2D eigenvalue weighted by Crippen LogP contribution is 2.12. The van der Waals surface area contributed by atoms with E-state index < -0.39 is 0 Å². The fourth-order valence-electron chi connectivity index (χ4n) is 2.87. The minimum Gasteiger partial charge on any atom is -0.316 e. The van der Waals surface area contributed by atoms with E-state index >= 15 is 0 Å². The lowest BCUT2D eigenvalue weighted by Crippen LogP contribution is -2.49. The zero-order valence-electron chi connectivity index (χ0n) is 13.9. The molecule has 1 saturated heterocycles. The Hall–Kier alpha value is -0.900. The molecule has 1 atom stereocenters. The van der Waals surface area contributed by atoms with Crippen LogP contribution in [-0.2, 0) is 13.0 Å². The van der Waals surface area contributed by atoms with Gasteiger partial charge in [0, 0.05) is 32.2 Å². The Morgan fingerprint density at radius 1 is 1.10 bits per heavy atom. The van der Waals surface area contributed by atoms with Crippen molar-refractivity contribution in [3.8, 4) is 0 Å². The summed E-state index contributed by atoms with van der Waals surface area (Å²) in [6.07, 6.45) is 2.34. The van der Waals surface area contributed by atoms with Crippen molar-refractivity contribution in [3.63, 3.8) is 0 Å². The summed E-state index contributed by atoms with van der Waals surface area (Å²) in [6.45, 7) is 11.4. The number of piperazine rings is 1. The Morgan fingerprint density at radius 3 is 2.48 bits per heavy atom. The van der Waals surface area contributed by atoms with Crippen molar-refractivity contribution in [2.75, 3.05) is 39.8 Å². The van der Waals surface area contributed by atoms with Crippen molar-refractivity contribution in [1.82, 2.24) is 15.1 Å². The summed E-state index contributed by atoms with van der Waals surface area (Å²) in [4.78, 5) is 5.02. The standard InChI is InChI=1S/C18H31N3/c1-4-10-19-11-9-17-5-7-18(8-6-17)15-21-13-12-20(3)16(2)14-21/h5-8,16,19H,4,9-15H2,1-3H3. The molecule has 0 spiro atoms. The van der Waals surface area contributed by atoms with E-state index in [1.54, 1.807) is 0 Å². The number of nitrogens with zero attached hydrogens (tertiary/aromatic N) is 2. The molecule has 1 fully saturated rings. The maximum atomic E-state index is 3.46. The Kier molecular flexibility index (Phi) is 6.68. The number of hydrogen-bond donors (Lipinski definition) is 1. The van der Waals surface area contributed by atoms with Crippen LogP contribution in [0.4, 0.5) is 0 Å². The Bertz CT molecular complexity index is 401. The second-order valence-electron chi connectivity index (χ2n) is 6.38. The highest BCUT2D eigenvalue weighted by molar-refractivity contribution is 5.22. The van der Waals surface area contributed by atoms with Crippen LogP contribution in [0.2, 0.25) is 0 Å². The van der Waals surface area contributed by atoms with Gasteiger partial charge in [-0.2, -0.15) is 0 Å². The van der Waals surface area contributed by atoms with Crippen LogP contribution in [0.3, 0.4) is 0 Å². The van der Waals surface area contributed by atoms with E-state index in [-0.39, 0.29) is 0 Å². The van der Waals surface area contributed by atoms with Crippen molar-refractivity contribution in [1.29, 1.82) is 0 Å². The van der Waals surface area contributed by atoms with Gasteiger partial charge in [-0.3, -0.25) is 4.90 Å². The average Bonchev–Trinajstić information content (AvgIpc) is 2.49. The summed E-state index contributed by atoms with van der Waals surface area (Å²) in [5.41, 5.74) is 2.88. The molecule has 2 rings (SSSR count). The molecule has 118 valence electrons. The summed E-state index contributed by atoms with van der Waals surface area (Å²) in [5.74, 6) is 0. The van der Waals surface area contributed by atoms with E-state index in [4.69, 9.17) is 0 Å². The predicted molar refractivity (Wildman–Crippen MR) is 90.7 cm³/mol. The van der Waals surface area contributed by atoms with Gasteiger partial charge in [0.25, 0.3) is 0 Å². The zero-order valence-corrected chi connectivity index (χ0v) is 13.9. The smallest absolute Gasteiger partial charge is 0.0234 e. The number of benzene rings is 1. The van der Waals surface area contributed by atoms with E-state index in [1.165, 1.54) is 37.2 Å². The monoisotopic (exact) mass is 289 g/mol. The van der Waals surface area contributed by atoms with E-state index in [2.05, 4.69) is 60.3 Å². The molecule has 1 aromatic rings. The van der Waals surface area contributed by atoms with E-state index in [0.29, 0.717) is 6.04 Å². The van der Waals surface area contributed by atoms with Crippen LogP contribution in [0.25, 0.3) is 0 Å². The fourth-order valence-corrected chi connectivity index (χ4v) is 2.87.